The summed E-state index contributed by atoms with van der Waals surface area (Å²) in [5.41, 5.74) is 5.87. The number of ether oxygens (including phenoxy) is 1. The molecule has 0 amide bonds. The van der Waals surface area contributed by atoms with E-state index in [1.165, 1.54) is 23.5 Å². The maximum absolute atomic E-state index is 12.6. The van der Waals surface area contributed by atoms with Gasteiger partial charge in [0, 0.05) is 18.6 Å². The van der Waals surface area contributed by atoms with Crippen molar-refractivity contribution >= 4 is 21.6 Å². The quantitative estimate of drug-likeness (QED) is 0.923. The predicted molar refractivity (Wildman–Crippen MR) is 78.6 cm³/mol. The third-order valence-corrected chi connectivity index (χ3v) is 5.89. The van der Waals surface area contributed by atoms with E-state index in [0.29, 0.717) is 25.1 Å². The van der Waals surface area contributed by atoms with Crippen molar-refractivity contribution < 1.29 is 13.2 Å². The Balaban J connectivity index is 2.33. The van der Waals surface area contributed by atoms with E-state index in [2.05, 4.69) is 0 Å². The summed E-state index contributed by atoms with van der Waals surface area (Å²) in [6.45, 7) is 2.32. The second-order valence-corrected chi connectivity index (χ2v) is 7.34. The number of halogens is 1. The van der Waals surface area contributed by atoms with Crippen LogP contribution in [-0.4, -0.2) is 38.5 Å². The Labute approximate surface area is 124 Å². The molecule has 0 aliphatic carbocycles. The second kappa shape index (κ2) is 5.89. The van der Waals surface area contributed by atoms with Crippen LogP contribution in [0.5, 0.6) is 5.75 Å². The molecule has 0 radical (unpaired) electrons. The minimum absolute atomic E-state index is 0.0657. The largest absolute Gasteiger partial charge is 0.495 e. The van der Waals surface area contributed by atoms with E-state index < -0.39 is 10.0 Å². The SMILES string of the molecule is COc1ccc(S(=O)(=O)N2CCC(N)CC2C)cc1Cl. The van der Waals surface area contributed by atoms with Crippen LogP contribution in [0.15, 0.2) is 23.1 Å². The molecule has 2 rings (SSSR count). The van der Waals surface area contributed by atoms with E-state index in [0.717, 1.165) is 0 Å². The molecule has 1 aliphatic heterocycles. The van der Waals surface area contributed by atoms with E-state index in [4.69, 9.17) is 22.1 Å². The predicted octanol–water partition coefficient (Wildman–Crippen LogP) is 1.85. The van der Waals surface area contributed by atoms with E-state index in [9.17, 15) is 8.42 Å². The fourth-order valence-corrected chi connectivity index (χ4v) is 4.49. The summed E-state index contributed by atoms with van der Waals surface area (Å²) in [6.07, 6.45) is 1.34. The molecule has 1 saturated heterocycles. The second-order valence-electron chi connectivity index (χ2n) is 5.05. The van der Waals surface area contributed by atoms with Gasteiger partial charge in [-0.1, -0.05) is 11.6 Å². The van der Waals surface area contributed by atoms with E-state index in [1.807, 2.05) is 6.92 Å². The highest BCUT2D eigenvalue weighted by molar-refractivity contribution is 7.89. The lowest BCUT2D eigenvalue weighted by atomic mass is 10.0. The summed E-state index contributed by atoms with van der Waals surface area (Å²) in [7, 11) is -2.05. The summed E-state index contributed by atoms with van der Waals surface area (Å²) in [5.74, 6) is 0.458. The zero-order valence-electron chi connectivity index (χ0n) is 11.5. The Kier molecular flexibility index (Phi) is 4.59. The summed E-state index contributed by atoms with van der Waals surface area (Å²) in [6, 6.07) is 4.47. The van der Waals surface area contributed by atoms with Crippen LogP contribution in [0.1, 0.15) is 19.8 Å². The van der Waals surface area contributed by atoms with Crippen LogP contribution >= 0.6 is 11.6 Å². The first-order valence-corrected chi connectivity index (χ1v) is 8.29. The molecule has 5 nitrogen and oxygen atoms in total. The zero-order chi connectivity index (χ0) is 14.9. The Morgan fingerprint density at radius 3 is 2.70 bits per heavy atom. The van der Waals surface area contributed by atoms with E-state index in [1.54, 1.807) is 6.07 Å². The van der Waals surface area contributed by atoms with Crippen molar-refractivity contribution in [1.29, 1.82) is 0 Å². The van der Waals surface area contributed by atoms with Gasteiger partial charge in [0.1, 0.15) is 5.75 Å². The number of hydrogen-bond acceptors (Lipinski definition) is 4. The van der Waals surface area contributed by atoms with Crippen LogP contribution in [0.25, 0.3) is 0 Å². The van der Waals surface area contributed by atoms with Crippen molar-refractivity contribution in [3.05, 3.63) is 23.2 Å². The van der Waals surface area contributed by atoms with Crippen molar-refractivity contribution in [3.63, 3.8) is 0 Å². The highest BCUT2D eigenvalue weighted by Crippen LogP contribution is 2.30. The molecule has 112 valence electrons. The van der Waals surface area contributed by atoms with Crippen LogP contribution < -0.4 is 10.5 Å². The van der Waals surface area contributed by atoms with Gasteiger partial charge in [-0.3, -0.25) is 0 Å². The number of sulfonamides is 1. The molecular formula is C13H19ClN2O3S. The number of methoxy groups -OCH3 is 1. The topological polar surface area (TPSA) is 72.6 Å². The summed E-state index contributed by atoms with van der Waals surface area (Å²) >= 11 is 6.01. The molecule has 2 N–H and O–H groups in total. The van der Waals surface area contributed by atoms with Crippen molar-refractivity contribution in [3.8, 4) is 5.75 Å². The van der Waals surface area contributed by atoms with Gasteiger partial charge in [-0.25, -0.2) is 8.42 Å². The van der Waals surface area contributed by atoms with Gasteiger partial charge in [-0.2, -0.15) is 4.31 Å². The highest BCUT2D eigenvalue weighted by Gasteiger charge is 2.33. The number of benzene rings is 1. The van der Waals surface area contributed by atoms with Gasteiger partial charge < -0.3 is 10.5 Å². The van der Waals surface area contributed by atoms with Crippen molar-refractivity contribution in [2.24, 2.45) is 5.73 Å². The fourth-order valence-electron chi connectivity index (χ4n) is 2.49. The first-order valence-electron chi connectivity index (χ1n) is 6.47. The lowest BCUT2D eigenvalue weighted by Gasteiger charge is -2.35. The smallest absolute Gasteiger partial charge is 0.243 e. The molecule has 0 bridgehead atoms. The molecule has 2 atom stereocenters. The van der Waals surface area contributed by atoms with Gasteiger partial charge in [-0.15, -0.1) is 0 Å². The lowest BCUT2D eigenvalue weighted by molar-refractivity contribution is 0.247. The van der Waals surface area contributed by atoms with E-state index >= 15 is 0 Å². The van der Waals surface area contributed by atoms with E-state index in [-0.39, 0.29) is 22.0 Å². The van der Waals surface area contributed by atoms with Crippen molar-refractivity contribution in [1.82, 2.24) is 4.31 Å². The molecule has 0 aromatic heterocycles. The molecule has 1 heterocycles. The minimum Gasteiger partial charge on any atom is -0.495 e. The van der Waals surface area contributed by atoms with Crippen LogP contribution in [0.4, 0.5) is 0 Å². The van der Waals surface area contributed by atoms with Gasteiger partial charge in [0.05, 0.1) is 17.0 Å². The van der Waals surface area contributed by atoms with Gasteiger partial charge >= 0.3 is 0 Å². The molecule has 20 heavy (non-hydrogen) atoms. The molecule has 2 unspecified atom stereocenters. The van der Waals surface area contributed by atoms with Crippen LogP contribution in [0.3, 0.4) is 0 Å². The molecular weight excluding hydrogens is 300 g/mol. The summed E-state index contributed by atoms with van der Waals surface area (Å²) in [5, 5.41) is 0.287. The maximum Gasteiger partial charge on any atom is 0.243 e. The van der Waals surface area contributed by atoms with Crippen molar-refractivity contribution in [2.75, 3.05) is 13.7 Å². The summed E-state index contributed by atoms with van der Waals surface area (Å²) in [4.78, 5) is 0.186. The van der Waals surface area contributed by atoms with Crippen molar-refractivity contribution in [2.45, 2.75) is 36.7 Å². The first-order chi connectivity index (χ1) is 9.36. The Bertz CT molecular complexity index is 591. The van der Waals surface area contributed by atoms with Gasteiger partial charge in [0.15, 0.2) is 0 Å². The highest BCUT2D eigenvalue weighted by atomic mass is 35.5. The van der Waals surface area contributed by atoms with Crippen LogP contribution in [-0.2, 0) is 10.0 Å². The van der Waals surface area contributed by atoms with Gasteiger partial charge in [0.2, 0.25) is 10.0 Å². The third kappa shape index (κ3) is 2.93. The molecule has 7 heteroatoms. The van der Waals surface area contributed by atoms with Gasteiger partial charge in [0.25, 0.3) is 0 Å². The number of nitrogens with zero attached hydrogens (tertiary/aromatic N) is 1. The first kappa shape index (κ1) is 15.6. The molecule has 0 spiro atoms. The minimum atomic E-state index is -3.54. The monoisotopic (exact) mass is 318 g/mol. The Morgan fingerprint density at radius 2 is 2.15 bits per heavy atom. The average molecular weight is 319 g/mol. The standard InChI is InChI=1S/C13H19ClN2O3S/c1-9-7-10(15)5-6-16(9)20(17,18)11-3-4-13(19-2)12(14)8-11/h3-4,8-10H,5-7,15H2,1-2H3. The molecule has 1 aromatic carbocycles. The number of piperidine rings is 1. The van der Waals surface area contributed by atoms with Gasteiger partial charge in [-0.05, 0) is 38.0 Å². The number of rotatable bonds is 3. The zero-order valence-corrected chi connectivity index (χ0v) is 13.1. The lowest BCUT2D eigenvalue weighted by Crippen LogP contribution is -2.48. The average Bonchev–Trinajstić information content (AvgIpc) is 2.38. The number of nitrogens with two attached hydrogens (primary N) is 1. The summed E-state index contributed by atoms with van der Waals surface area (Å²) < 4.78 is 31.8. The fraction of sp³-hybridized carbons (Fsp3) is 0.538. The normalized spacial score (nSPS) is 24.6. The number of hydrogen-bond donors (Lipinski definition) is 1. The Morgan fingerprint density at radius 1 is 1.45 bits per heavy atom. The third-order valence-electron chi connectivity index (χ3n) is 3.59. The molecule has 1 aliphatic rings. The Hall–Kier alpha value is -0.820. The molecule has 1 aromatic rings. The molecule has 1 fully saturated rings. The molecule has 0 saturated carbocycles. The van der Waals surface area contributed by atoms with Crippen LogP contribution in [0, 0.1) is 0 Å². The van der Waals surface area contributed by atoms with Crippen LogP contribution in [0.2, 0.25) is 5.02 Å². The maximum atomic E-state index is 12.6.